The first-order valence-electron chi connectivity index (χ1n) is 15.1. The maximum absolute atomic E-state index is 5.70. The Kier molecular flexibility index (Phi) is 43.0. The van der Waals surface area contributed by atoms with Crippen molar-refractivity contribution in [1.82, 2.24) is 0 Å². The van der Waals surface area contributed by atoms with E-state index in [-0.39, 0.29) is 102 Å². The molecular formula is C28H58Br6N6O2. The summed E-state index contributed by atoms with van der Waals surface area (Å²) in [6, 6.07) is 9.64. The lowest BCUT2D eigenvalue weighted by atomic mass is 10.1. The highest BCUT2D eigenvalue weighted by Crippen LogP contribution is 2.02. The number of hydrogen-bond donors (Lipinski definition) is 6. The van der Waals surface area contributed by atoms with Gasteiger partial charge in [0.1, 0.15) is 13.1 Å². The highest BCUT2D eigenvalue weighted by molar-refractivity contribution is 5.21. The minimum Gasteiger partial charge on any atom is -1.00 e. The number of rotatable bonds is 4. The minimum atomic E-state index is 0. The smallest absolute Gasteiger partial charge is 0.103 e. The van der Waals surface area contributed by atoms with Gasteiger partial charge in [0.25, 0.3) is 0 Å². The van der Waals surface area contributed by atoms with Gasteiger partial charge >= 0.3 is 0 Å². The molecule has 8 nitrogen and oxygen atoms in total. The molecule has 0 radical (unpaired) electrons. The zero-order valence-corrected chi connectivity index (χ0v) is 34.8. The van der Waals surface area contributed by atoms with Gasteiger partial charge in [0.2, 0.25) is 0 Å². The van der Waals surface area contributed by atoms with E-state index >= 15 is 0 Å². The molecule has 10 N–H and O–H groups in total. The summed E-state index contributed by atoms with van der Waals surface area (Å²) in [5.74, 6) is 0. The standard InChI is InChI=1S/C28H52N6O2.6BrH/c1-9-29-13-21-35-22-14-30-10-2-18-33(17-1)25-27-5-7-28(8-6-27)26-34-19-3-11-31-15-23-36-24-16-32-12-4-20-34;;;;;;/h5-8,29-32H,1-4,9-26H2;6*1H. The number of hydrogen-bond acceptors (Lipinski definition) is 2. The normalized spacial score (nSPS) is 19.6. The van der Waals surface area contributed by atoms with E-state index in [2.05, 4.69) is 45.5 Å². The monoisotopic (exact) mass is 984 g/mol. The van der Waals surface area contributed by atoms with Crippen molar-refractivity contribution in [2.45, 2.75) is 38.8 Å². The van der Waals surface area contributed by atoms with Crippen LogP contribution in [0.2, 0.25) is 0 Å². The number of quaternary nitrogens is 6. The third-order valence-electron chi connectivity index (χ3n) is 7.55. The van der Waals surface area contributed by atoms with Gasteiger partial charge in [0.15, 0.2) is 0 Å². The first-order chi connectivity index (χ1) is 17.9. The average molecular weight is 990 g/mol. The third-order valence-corrected chi connectivity index (χ3v) is 7.55. The number of ether oxygens (including phenoxy) is 2. The molecule has 2 saturated heterocycles. The van der Waals surface area contributed by atoms with Crippen LogP contribution in [-0.4, -0.2) is 105 Å². The van der Waals surface area contributed by atoms with Crippen molar-refractivity contribution < 1.29 is 142 Å². The maximum atomic E-state index is 5.70. The molecule has 0 amide bonds. The van der Waals surface area contributed by atoms with Crippen LogP contribution < -0.4 is 133 Å². The Morgan fingerprint density at radius 3 is 0.952 bits per heavy atom. The second kappa shape index (κ2) is 35.6. The Labute approximate surface area is 318 Å². The van der Waals surface area contributed by atoms with Gasteiger partial charge in [-0.1, -0.05) is 24.3 Å². The van der Waals surface area contributed by atoms with Gasteiger partial charge < -0.3 is 142 Å². The minimum absolute atomic E-state index is 0. The molecule has 2 heterocycles. The first kappa shape index (κ1) is 50.6. The molecule has 2 aliphatic rings. The van der Waals surface area contributed by atoms with E-state index < -0.39 is 0 Å². The number of halogens is 6. The lowest BCUT2D eigenvalue weighted by molar-refractivity contribution is -0.917. The summed E-state index contributed by atoms with van der Waals surface area (Å²) in [6.07, 6.45) is 5.16. The van der Waals surface area contributed by atoms with Gasteiger partial charge in [0.05, 0.1) is 105 Å². The van der Waals surface area contributed by atoms with Crippen molar-refractivity contribution in [2.75, 3.05) is 105 Å². The molecule has 14 heteroatoms. The summed E-state index contributed by atoms with van der Waals surface area (Å²) >= 11 is 0. The number of nitrogens with two attached hydrogens (primary N) is 4. The molecule has 3 rings (SSSR count). The lowest BCUT2D eigenvalue weighted by Crippen LogP contribution is -3.11. The molecule has 254 valence electrons. The van der Waals surface area contributed by atoms with Gasteiger partial charge in [-0.25, -0.2) is 0 Å². The predicted octanol–water partition coefficient (Wildman–Crippen LogP) is -23.6. The molecule has 0 saturated carbocycles. The lowest BCUT2D eigenvalue weighted by Gasteiger charge is -2.21. The van der Waals surface area contributed by atoms with E-state index in [4.69, 9.17) is 9.47 Å². The Hall–Kier alpha value is 1.78. The summed E-state index contributed by atoms with van der Waals surface area (Å²) in [4.78, 5) is 3.49. The van der Waals surface area contributed by atoms with Crippen LogP contribution in [0.15, 0.2) is 24.3 Å². The van der Waals surface area contributed by atoms with Crippen molar-refractivity contribution in [3.8, 4) is 0 Å². The quantitative estimate of drug-likeness (QED) is 0.181. The molecule has 0 aliphatic carbocycles. The average Bonchev–Trinajstić information content (AvgIpc) is 2.89. The van der Waals surface area contributed by atoms with Crippen LogP contribution in [0.1, 0.15) is 36.8 Å². The largest absolute Gasteiger partial charge is 1.00 e. The van der Waals surface area contributed by atoms with Crippen LogP contribution in [0.5, 0.6) is 0 Å². The van der Waals surface area contributed by atoms with Crippen molar-refractivity contribution in [3.63, 3.8) is 0 Å². The molecule has 0 atom stereocenters. The fraction of sp³-hybridized carbons (Fsp3) is 0.786. The molecule has 1 aromatic carbocycles. The van der Waals surface area contributed by atoms with Crippen molar-refractivity contribution in [1.29, 1.82) is 0 Å². The molecule has 1 aromatic rings. The van der Waals surface area contributed by atoms with Gasteiger partial charge in [-0.3, -0.25) is 0 Å². The van der Waals surface area contributed by atoms with Crippen molar-refractivity contribution in [2.24, 2.45) is 0 Å². The summed E-state index contributed by atoms with van der Waals surface area (Å²) in [5.41, 5.74) is 3.00. The van der Waals surface area contributed by atoms with E-state index in [0.29, 0.717) is 0 Å². The molecule has 0 spiro atoms. The topological polar surface area (TPSA) is 93.8 Å². The van der Waals surface area contributed by atoms with Crippen LogP contribution in [0.3, 0.4) is 0 Å². The van der Waals surface area contributed by atoms with Gasteiger partial charge in [-0.05, 0) is 0 Å². The van der Waals surface area contributed by atoms with Gasteiger partial charge in [0, 0.05) is 36.8 Å². The fourth-order valence-electron chi connectivity index (χ4n) is 5.39. The Morgan fingerprint density at radius 2 is 0.690 bits per heavy atom. The first-order valence-corrected chi connectivity index (χ1v) is 15.1. The summed E-state index contributed by atoms with van der Waals surface area (Å²) in [7, 11) is 0. The van der Waals surface area contributed by atoms with E-state index in [1.807, 2.05) is 0 Å². The molecule has 42 heavy (non-hydrogen) atoms. The number of benzene rings is 1. The van der Waals surface area contributed by atoms with Crippen molar-refractivity contribution in [3.05, 3.63) is 35.4 Å². The highest BCUT2D eigenvalue weighted by atomic mass is 79.9. The Bertz CT molecular complexity index is 589. The molecule has 2 fully saturated rings. The Morgan fingerprint density at radius 1 is 0.429 bits per heavy atom. The molecule has 0 bridgehead atoms. The predicted molar refractivity (Wildman–Crippen MR) is 142 cm³/mol. The summed E-state index contributed by atoms with van der Waals surface area (Å²) < 4.78 is 11.4. The maximum Gasteiger partial charge on any atom is 0.103 e. The fourth-order valence-corrected chi connectivity index (χ4v) is 5.39. The SMILES string of the molecule is [Br-].[Br-].[Br-].[Br-].[Br-].[Br-].c1cc(C[NH+]2CCC[NH2+]CCOCC[NH2+]CCC2)ccc1C[NH+]1CCC[NH2+]CCOCC[NH2+]CCC1. The van der Waals surface area contributed by atoms with Crippen LogP contribution in [0.25, 0.3) is 0 Å². The summed E-state index contributed by atoms with van der Waals surface area (Å²) in [6.45, 7) is 20.3. The molecule has 2 aliphatic heterocycles. The van der Waals surface area contributed by atoms with E-state index in [0.717, 1.165) is 65.7 Å². The molecule has 0 unspecified atom stereocenters. The number of nitrogens with one attached hydrogen (secondary N) is 2. The van der Waals surface area contributed by atoms with Crippen LogP contribution >= 0.6 is 0 Å². The second-order valence-electron chi connectivity index (χ2n) is 10.8. The van der Waals surface area contributed by atoms with Crippen LogP contribution in [0.4, 0.5) is 0 Å². The van der Waals surface area contributed by atoms with Crippen LogP contribution in [0, 0.1) is 0 Å². The highest BCUT2D eigenvalue weighted by Gasteiger charge is 2.14. The van der Waals surface area contributed by atoms with Gasteiger partial charge in [-0.15, -0.1) is 0 Å². The van der Waals surface area contributed by atoms with E-state index in [1.54, 1.807) is 9.80 Å². The summed E-state index contributed by atoms with van der Waals surface area (Å²) in [5, 5.41) is 9.70. The van der Waals surface area contributed by atoms with E-state index in [1.165, 1.54) is 89.2 Å². The van der Waals surface area contributed by atoms with E-state index in [9.17, 15) is 0 Å². The van der Waals surface area contributed by atoms with Crippen molar-refractivity contribution >= 4 is 0 Å². The second-order valence-corrected chi connectivity index (χ2v) is 10.8. The van der Waals surface area contributed by atoms with Crippen LogP contribution in [-0.2, 0) is 22.6 Å². The molecular weight excluding hydrogens is 932 g/mol. The zero-order valence-electron chi connectivity index (χ0n) is 25.3. The third kappa shape index (κ3) is 25.9. The van der Waals surface area contributed by atoms with Gasteiger partial charge in [-0.2, -0.15) is 0 Å². The molecule has 0 aromatic heterocycles. The Balaban J connectivity index is -0.00000120. The zero-order chi connectivity index (χ0) is 24.9.